The fourth-order valence-corrected chi connectivity index (χ4v) is 4.50. The number of hydrogen-bond donors (Lipinski definition) is 1. The topological polar surface area (TPSA) is 79.5 Å². The molecule has 3 amide bonds. The van der Waals surface area contributed by atoms with Gasteiger partial charge in [-0.05, 0) is 36.5 Å². The van der Waals surface area contributed by atoms with E-state index < -0.39 is 12.1 Å². The summed E-state index contributed by atoms with van der Waals surface area (Å²) in [6, 6.07) is 8.86. The molecule has 9 heteroatoms. The van der Waals surface area contributed by atoms with Crippen molar-refractivity contribution in [2.45, 2.75) is 37.8 Å². The zero-order valence-corrected chi connectivity index (χ0v) is 18.9. The molecule has 2 saturated heterocycles. The van der Waals surface area contributed by atoms with Gasteiger partial charge in [-0.25, -0.2) is 9.37 Å². The maximum atomic E-state index is 13.0. The number of hydrogen-bond acceptors (Lipinski definition) is 5. The monoisotopic (exact) mass is 448 g/mol. The van der Waals surface area contributed by atoms with Crippen molar-refractivity contribution in [1.82, 2.24) is 14.7 Å². The number of likely N-dealkylation sites (N-methyl/N-ethyl adjacent to an activating group) is 2. The Bertz CT molecular complexity index is 882. The van der Waals surface area contributed by atoms with E-state index in [0.717, 1.165) is 36.4 Å². The van der Waals surface area contributed by atoms with Gasteiger partial charge < -0.3 is 10.0 Å². The van der Waals surface area contributed by atoms with Crippen molar-refractivity contribution in [2.24, 2.45) is 4.99 Å². The third-order valence-electron chi connectivity index (χ3n) is 6.14. The standard InChI is InChI=1S/C22H30N5O3.ClH/c1-24-20-19(21(29)25(2)22(24)30)27(15-17(28)14-26-11-7-4-8-12-26)18(23-20)13-16-9-5-3-6-10-16;/h3,5-6,9-10,17,19,28H,4,7-8,11-15H2,1-2H3;1H/q+1;. The van der Waals surface area contributed by atoms with Gasteiger partial charge in [0.05, 0.1) is 6.42 Å². The van der Waals surface area contributed by atoms with Crippen molar-refractivity contribution >= 4 is 36.0 Å². The first-order chi connectivity index (χ1) is 14.5. The number of imide groups is 1. The van der Waals surface area contributed by atoms with E-state index in [9.17, 15) is 14.7 Å². The number of carbonyl (C=O) groups excluding carboxylic acids is 2. The predicted molar refractivity (Wildman–Crippen MR) is 121 cm³/mol. The van der Waals surface area contributed by atoms with E-state index in [4.69, 9.17) is 4.99 Å². The molecule has 3 aliphatic rings. The minimum atomic E-state index is -0.674. The number of fused-ring (bicyclic) bond motifs is 1. The number of urea groups is 1. The summed E-state index contributed by atoms with van der Waals surface area (Å²) in [5.74, 6) is 0.853. The number of piperidine rings is 1. The second kappa shape index (κ2) is 9.89. The Kier molecular flexibility index (Phi) is 7.46. The van der Waals surface area contributed by atoms with E-state index in [1.54, 1.807) is 7.05 Å². The number of nitrogens with zero attached hydrogens (tertiary/aromatic N) is 5. The zero-order valence-electron chi connectivity index (χ0n) is 18.1. The minimum absolute atomic E-state index is 0. The highest BCUT2D eigenvalue weighted by Gasteiger charge is 2.53. The largest absolute Gasteiger partial charge is 0.388 e. The van der Waals surface area contributed by atoms with Crippen molar-refractivity contribution in [3.05, 3.63) is 35.9 Å². The Morgan fingerprint density at radius 1 is 1.10 bits per heavy atom. The van der Waals surface area contributed by atoms with Crippen molar-refractivity contribution in [3.63, 3.8) is 0 Å². The number of aliphatic imine (C=N–C) groups is 1. The molecule has 8 nitrogen and oxygen atoms in total. The number of carbonyl (C=O) groups is 2. The summed E-state index contributed by atoms with van der Waals surface area (Å²) in [6.45, 7) is 2.89. The molecule has 2 atom stereocenters. The van der Waals surface area contributed by atoms with Crippen molar-refractivity contribution in [2.75, 3.05) is 40.3 Å². The molecule has 0 aliphatic carbocycles. The molecule has 0 spiro atoms. The Balaban J connectivity index is 0.00000272. The Hall–Kier alpha value is -2.29. The smallest absolute Gasteiger partial charge is 0.333 e. The normalized spacial score (nSPS) is 22.9. The Labute approximate surface area is 189 Å². The summed E-state index contributed by atoms with van der Waals surface area (Å²) >= 11 is 0. The molecule has 168 valence electrons. The molecule has 3 aliphatic heterocycles. The van der Waals surface area contributed by atoms with Crippen LogP contribution in [-0.4, -0.2) is 100 Å². The Morgan fingerprint density at radius 3 is 2.45 bits per heavy atom. The van der Waals surface area contributed by atoms with Crippen molar-refractivity contribution < 1.29 is 19.3 Å². The van der Waals surface area contributed by atoms with E-state index in [1.807, 2.05) is 34.9 Å². The SMILES string of the molecule is CN1C(=O)C2C(=NC(Cc3ccccc3)=[N+]2CC(O)CN2CCCCC2)N(C)C1=O.Cl. The van der Waals surface area contributed by atoms with Gasteiger partial charge in [-0.2, -0.15) is 0 Å². The van der Waals surface area contributed by atoms with Crippen LogP contribution in [-0.2, 0) is 11.2 Å². The predicted octanol–water partition coefficient (Wildman–Crippen LogP) is 1.21. The molecule has 1 aromatic carbocycles. The van der Waals surface area contributed by atoms with Gasteiger partial charge in [0.2, 0.25) is 0 Å². The van der Waals surface area contributed by atoms with Crippen molar-refractivity contribution in [3.8, 4) is 0 Å². The van der Waals surface area contributed by atoms with Crippen LogP contribution in [0.1, 0.15) is 24.8 Å². The second-order valence-corrected chi connectivity index (χ2v) is 8.36. The van der Waals surface area contributed by atoms with Crippen molar-refractivity contribution in [1.29, 1.82) is 0 Å². The fraction of sp³-hybridized carbons (Fsp3) is 0.545. The van der Waals surface area contributed by atoms with Gasteiger partial charge in [0, 0.05) is 20.6 Å². The fourth-order valence-electron chi connectivity index (χ4n) is 4.50. The van der Waals surface area contributed by atoms with Gasteiger partial charge >= 0.3 is 11.9 Å². The number of rotatable bonds is 6. The molecular weight excluding hydrogens is 418 g/mol. The maximum Gasteiger partial charge on any atom is 0.333 e. The molecule has 0 aromatic heterocycles. The Morgan fingerprint density at radius 2 is 1.77 bits per heavy atom. The number of likely N-dealkylation sites (tertiary alicyclic amines) is 1. The van der Waals surface area contributed by atoms with E-state index in [0.29, 0.717) is 31.2 Å². The second-order valence-electron chi connectivity index (χ2n) is 8.36. The van der Waals surface area contributed by atoms with Gasteiger partial charge in [-0.1, -0.05) is 36.8 Å². The lowest BCUT2D eigenvalue weighted by Crippen LogP contribution is -2.62. The molecular formula is C22H31ClN5O3+. The molecule has 31 heavy (non-hydrogen) atoms. The third-order valence-corrected chi connectivity index (χ3v) is 6.14. The summed E-state index contributed by atoms with van der Waals surface area (Å²) in [6.07, 6.45) is 3.50. The molecule has 0 radical (unpaired) electrons. The average Bonchev–Trinajstić information content (AvgIpc) is 3.10. The lowest BCUT2D eigenvalue weighted by Gasteiger charge is -2.32. The van der Waals surface area contributed by atoms with Gasteiger partial charge in [0.25, 0.3) is 17.8 Å². The number of amidine groups is 2. The molecule has 2 fully saturated rings. The summed E-state index contributed by atoms with van der Waals surface area (Å²) < 4.78 is 1.89. The lowest BCUT2D eigenvalue weighted by atomic mass is 10.1. The number of aliphatic hydroxyl groups is 1. The summed E-state index contributed by atoms with van der Waals surface area (Å²) in [5, 5.41) is 10.9. The first-order valence-electron chi connectivity index (χ1n) is 10.7. The highest BCUT2D eigenvalue weighted by Crippen LogP contribution is 2.21. The molecule has 0 bridgehead atoms. The van der Waals surface area contributed by atoms with Gasteiger partial charge in [-0.3, -0.25) is 14.6 Å². The van der Waals surface area contributed by atoms with E-state index in [2.05, 4.69) is 4.90 Å². The highest BCUT2D eigenvalue weighted by molar-refractivity contribution is 6.23. The third kappa shape index (κ3) is 4.81. The minimum Gasteiger partial charge on any atom is -0.388 e. The van der Waals surface area contributed by atoms with Crippen LogP contribution in [0.2, 0.25) is 0 Å². The molecule has 2 unspecified atom stereocenters. The summed E-state index contributed by atoms with van der Waals surface area (Å²) in [7, 11) is 3.14. The number of amides is 3. The number of β-amino-alcohol motifs (C(OH)–C–C–N with tert-alkyl or cyclic N) is 1. The van der Waals surface area contributed by atoms with Crippen LogP contribution in [0.15, 0.2) is 35.3 Å². The molecule has 1 aromatic rings. The van der Waals surface area contributed by atoms with E-state index in [-0.39, 0.29) is 24.3 Å². The van der Waals surface area contributed by atoms with Crippen LogP contribution >= 0.6 is 12.4 Å². The average molecular weight is 449 g/mol. The van der Waals surface area contributed by atoms with Crippen LogP contribution in [0, 0.1) is 0 Å². The van der Waals surface area contributed by atoms with E-state index >= 15 is 0 Å². The maximum absolute atomic E-state index is 13.0. The summed E-state index contributed by atoms with van der Waals surface area (Å²) in [4.78, 5) is 35.0. The molecule has 1 N–H and O–H groups in total. The molecule has 0 saturated carbocycles. The molecule has 4 rings (SSSR count). The number of aliphatic hydroxyl groups excluding tert-OH is 1. The first-order valence-corrected chi connectivity index (χ1v) is 10.7. The van der Waals surface area contributed by atoms with Crippen LogP contribution in [0.4, 0.5) is 4.79 Å². The quantitative estimate of drug-likeness (QED) is 0.663. The zero-order chi connectivity index (χ0) is 21.3. The summed E-state index contributed by atoms with van der Waals surface area (Å²) in [5.41, 5.74) is 1.07. The van der Waals surface area contributed by atoms with Gasteiger partial charge in [0.15, 0.2) is 0 Å². The lowest BCUT2D eigenvalue weighted by molar-refractivity contribution is -0.544. The van der Waals surface area contributed by atoms with Gasteiger partial charge in [0.1, 0.15) is 12.6 Å². The number of benzene rings is 1. The van der Waals surface area contributed by atoms with Crippen LogP contribution in [0.25, 0.3) is 0 Å². The van der Waals surface area contributed by atoms with Crippen LogP contribution in [0.5, 0.6) is 0 Å². The highest BCUT2D eigenvalue weighted by atomic mass is 35.5. The van der Waals surface area contributed by atoms with Crippen LogP contribution in [0.3, 0.4) is 0 Å². The van der Waals surface area contributed by atoms with E-state index in [1.165, 1.54) is 18.4 Å². The first kappa shape index (κ1) is 23.4. The van der Waals surface area contributed by atoms with Gasteiger partial charge in [-0.15, -0.1) is 12.4 Å². The van der Waals surface area contributed by atoms with Crippen LogP contribution < -0.4 is 0 Å². The number of halogens is 1. The molecule has 3 heterocycles.